The van der Waals surface area contributed by atoms with Crippen molar-refractivity contribution in [1.29, 1.82) is 0 Å². The highest BCUT2D eigenvalue weighted by Crippen LogP contribution is 2.22. The van der Waals surface area contributed by atoms with Crippen LogP contribution in [0.4, 0.5) is 0 Å². The standard InChI is InChI=1S/CH4BrOP/c1-4(2)3/h4H,1H3. The van der Waals surface area contributed by atoms with E-state index in [2.05, 4.69) is 15.5 Å². The van der Waals surface area contributed by atoms with E-state index in [1.807, 2.05) is 0 Å². The number of hydrogen-bond acceptors (Lipinski definition) is 1. The van der Waals surface area contributed by atoms with Crippen LogP contribution in [-0.4, -0.2) is 6.66 Å². The Bertz CT molecular complexity index is 31.0. The third-order valence-corrected chi connectivity index (χ3v) is 0. The molecule has 4 heavy (non-hydrogen) atoms. The normalized spacial score (nSPS) is 15.5. The SMILES string of the molecule is C[PH](=O)Br. The lowest BCUT2D eigenvalue weighted by Gasteiger charge is -1.56. The van der Waals surface area contributed by atoms with Crippen molar-refractivity contribution in [3.8, 4) is 0 Å². The van der Waals surface area contributed by atoms with Crippen molar-refractivity contribution in [2.24, 2.45) is 0 Å². The summed E-state index contributed by atoms with van der Waals surface area (Å²) in [6, 6.07) is 0. The first-order valence-electron chi connectivity index (χ1n) is 0.893. The summed E-state index contributed by atoms with van der Waals surface area (Å²) in [5, 5.41) is 0. The molecule has 0 heterocycles. The summed E-state index contributed by atoms with van der Waals surface area (Å²) < 4.78 is 9.55. The average Bonchev–Trinajstić information content (AvgIpc) is 0.811. The molecule has 0 fully saturated rings. The van der Waals surface area contributed by atoms with Gasteiger partial charge in [0, 0.05) is 0 Å². The van der Waals surface area contributed by atoms with Crippen molar-refractivity contribution in [1.82, 2.24) is 0 Å². The lowest BCUT2D eigenvalue weighted by molar-refractivity contribution is 0.599. The molecular weight excluding hydrogens is 139 g/mol. The summed E-state index contributed by atoms with van der Waals surface area (Å²) in [7, 11) is 0. The van der Waals surface area contributed by atoms with Gasteiger partial charge in [0.05, 0.1) is 0 Å². The van der Waals surface area contributed by atoms with Crippen LogP contribution in [0.25, 0.3) is 0 Å². The molecule has 0 amide bonds. The van der Waals surface area contributed by atoms with Gasteiger partial charge in [-0.15, -0.1) is 0 Å². The van der Waals surface area contributed by atoms with Gasteiger partial charge < -0.3 is 4.57 Å². The van der Waals surface area contributed by atoms with Crippen LogP contribution in [0.15, 0.2) is 0 Å². The Labute approximate surface area is 33.9 Å². The van der Waals surface area contributed by atoms with Crippen LogP contribution in [0.1, 0.15) is 0 Å². The molecule has 0 aromatic carbocycles. The Morgan fingerprint density at radius 2 is 2.00 bits per heavy atom. The van der Waals surface area contributed by atoms with Gasteiger partial charge in [-0.25, -0.2) is 0 Å². The van der Waals surface area contributed by atoms with Gasteiger partial charge in [0.2, 0.25) is 0 Å². The van der Waals surface area contributed by atoms with Crippen LogP contribution in [0.2, 0.25) is 0 Å². The fraction of sp³-hybridized carbons (Fsp3) is 1.00. The highest BCUT2D eigenvalue weighted by atomic mass is 79.9. The first-order chi connectivity index (χ1) is 1.73. The Morgan fingerprint density at radius 1 is 2.00 bits per heavy atom. The molecule has 0 aliphatic heterocycles. The molecule has 0 saturated carbocycles. The topological polar surface area (TPSA) is 17.1 Å². The molecule has 0 aromatic heterocycles. The summed E-state index contributed by atoms with van der Waals surface area (Å²) in [6.45, 7) is 0.312. The van der Waals surface area contributed by atoms with E-state index in [0.717, 1.165) is 0 Å². The zero-order valence-electron chi connectivity index (χ0n) is 2.29. The maximum atomic E-state index is 9.55. The zero-order chi connectivity index (χ0) is 3.58. The molecule has 1 unspecified atom stereocenters. The Hall–Kier alpha value is 0.710. The molecule has 0 N–H and O–H groups in total. The second-order valence-corrected chi connectivity index (χ2v) is 4.76. The van der Waals surface area contributed by atoms with Gasteiger partial charge >= 0.3 is 0 Å². The van der Waals surface area contributed by atoms with Gasteiger partial charge in [0.1, 0.15) is 6.50 Å². The van der Waals surface area contributed by atoms with Crippen molar-refractivity contribution >= 4 is 22.0 Å². The maximum Gasteiger partial charge on any atom is 0.133 e. The van der Waals surface area contributed by atoms with Crippen LogP contribution < -0.4 is 0 Å². The van der Waals surface area contributed by atoms with Gasteiger partial charge in [0.25, 0.3) is 0 Å². The fourth-order valence-electron chi connectivity index (χ4n) is 0. The molecule has 0 aliphatic carbocycles. The second kappa shape index (κ2) is 1.98. The molecule has 26 valence electrons. The minimum absolute atomic E-state index is 1.32. The molecule has 0 radical (unpaired) electrons. The van der Waals surface area contributed by atoms with Crippen LogP contribution in [-0.2, 0) is 4.57 Å². The van der Waals surface area contributed by atoms with Gasteiger partial charge in [-0.2, -0.15) is 0 Å². The molecule has 0 rings (SSSR count). The summed E-state index contributed by atoms with van der Waals surface area (Å²) in [4.78, 5) is 0. The Morgan fingerprint density at radius 3 is 2.00 bits per heavy atom. The molecule has 0 bridgehead atoms. The average molecular weight is 143 g/mol. The Kier molecular flexibility index (Phi) is 2.33. The van der Waals surface area contributed by atoms with Crippen LogP contribution in [0.3, 0.4) is 0 Å². The van der Waals surface area contributed by atoms with Crippen molar-refractivity contribution in [2.75, 3.05) is 6.66 Å². The number of rotatable bonds is 0. The van der Waals surface area contributed by atoms with Crippen molar-refractivity contribution in [3.63, 3.8) is 0 Å². The van der Waals surface area contributed by atoms with E-state index < -0.39 is 6.50 Å². The lowest BCUT2D eigenvalue weighted by atomic mass is 12.0. The van der Waals surface area contributed by atoms with E-state index >= 15 is 0 Å². The summed E-state index contributed by atoms with van der Waals surface area (Å²) in [5.41, 5.74) is 0. The third kappa shape index (κ3) is 15.7. The Balaban J connectivity index is 2.80. The smallest absolute Gasteiger partial charge is 0.133 e. The highest BCUT2D eigenvalue weighted by molar-refractivity contribution is 9.37. The van der Waals surface area contributed by atoms with Crippen LogP contribution >= 0.6 is 22.0 Å². The predicted octanol–water partition coefficient (Wildman–Crippen LogP) is 1.49. The number of hydrogen-bond donors (Lipinski definition) is 0. The van der Waals surface area contributed by atoms with E-state index in [0.29, 0.717) is 0 Å². The third-order valence-electron chi connectivity index (χ3n) is 0. The zero-order valence-corrected chi connectivity index (χ0v) is 4.87. The molecule has 3 heteroatoms. The predicted molar refractivity (Wildman–Crippen MR) is 23.9 cm³/mol. The summed E-state index contributed by atoms with van der Waals surface area (Å²) in [6.07, 6.45) is 0. The van der Waals surface area contributed by atoms with Gasteiger partial charge in [-0.05, 0) is 22.2 Å². The fourth-order valence-corrected chi connectivity index (χ4v) is 0. The van der Waals surface area contributed by atoms with E-state index in [-0.39, 0.29) is 0 Å². The minimum atomic E-state index is -1.32. The maximum absolute atomic E-state index is 9.55. The first-order valence-corrected chi connectivity index (χ1v) is 5.06. The molecule has 0 spiro atoms. The second-order valence-electron chi connectivity index (χ2n) is 0.470. The van der Waals surface area contributed by atoms with E-state index in [1.165, 1.54) is 0 Å². The minimum Gasteiger partial charge on any atom is -0.315 e. The van der Waals surface area contributed by atoms with E-state index in [1.54, 1.807) is 6.66 Å². The molecular formula is CH4BrOP. The number of halogens is 1. The van der Waals surface area contributed by atoms with E-state index in [4.69, 9.17) is 0 Å². The van der Waals surface area contributed by atoms with Crippen molar-refractivity contribution < 1.29 is 4.57 Å². The largest absolute Gasteiger partial charge is 0.315 e. The van der Waals surface area contributed by atoms with Gasteiger partial charge in [0.15, 0.2) is 0 Å². The molecule has 0 saturated heterocycles. The molecule has 0 aromatic rings. The molecule has 1 atom stereocenters. The monoisotopic (exact) mass is 142 g/mol. The summed E-state index contributed by atoms with van der Waals surface area (Å²) >= 11 is 2.82. The summed E-state index contributed by atoms with van der Waals surface area (Å²) in [5.74, 6) is 0. The molecule has 0 aliphatic rings. The van der Waals surface area contributed by atoms with Crippen molar-refractivity contribution in [2.45, 2.75) is 0 Å². The van der Waals surface area contributed by atoms with Gasteiger partial charge in [-0.3, -0.25) is 0 Å². The van der Waals surface area contributed by atoms with Gasteiger partial charge in [-0.1, -0.05) is 0 Å². The lowest BCUT2D eigenvalue weighted by Crippen LogP contribution is -1.16. The highest BCUT2D eigenvalue weighted by Gasteiger charge is 1.62. The molecule has 1 nitrogen and oxygen atoms in total. The van der Waals surface area contributed by atoms with Crippen LogP contribution in [0.5, 0.6) is 0 Å². The van der Waals surface area contributed by atoms with Crippen molar-refractivity contribution in [3.05, 3.63) is 0 Å². The van der Waals surface area contributed by atoms with E-state index in [9.17, 15) is 4.57 Å². The quantitative estimate of drug-likeness (QED) is 0.469. The van der Waals surface area contributed by atoms with Crippen LogP contribution in [0, 0.1) is 0 Å². The first kappa shape index (κ1) is 4.71.